The largest absolute Gasteiger partial charge is 0.770 e. The van der Waals surface area contributed by atoms with Gasteiger partial charge < -0.3 is 37.8 Å². The third kappa shape index (κ3) is 10.9. The van der Waals surface area contributed by atoms with Crippen LogP contribution in [0.25, 0.3) is 0 Å². The highest BCUT2D eigenvalue weighted by molar-refractivity contribution is 8.06. The predicted molar refractivity (Wildman–Crippen MR) is 222 cm³/mol. The minimum absolute atomic E-state index is 0.0571. The van der Waals surface area contributed by atoms with Gasteiger partial charge in [-0.25, -0.2) is 4.79 Å². The molecule has 6 rings (SSSR count). The number of hydrogen-bond donors (Lipinski definition) is 2. The number of aryl methyl sites for hydroxylation is 1. The highest BCUT2D eigenvalue weighted by Gasteiger charge is 2.44. The van der Waals surface area contributed by atoms with E-state index in [1.165, 1.54) is 30.4 Å². The van der Waals surface area contributed by atoms with Crippen LogP contribution < -0.4 is 35.0 Å². The van der Waals surface area contributed by atoms with Crippen LogP contribution >= 0.6 is 6.72 Å². The molecule has 4 atom stereocenters. The second kappa shape index (κ2) is 20.2. The van der Waals surface area contributed by atoms with E-state index < -0.39 is 42.0 Å². The zero-order valence-electron chi connectivity index (χ0n) is 33.2. The molecule has 0 aliphatic carbocycles. The van der Waals surface area contributed by atoms with Gasteiger partial charge in [-0.05, 0) is 92.6 Å². The number of nitrogens with zero attached hydrogens (tertiary/aromatic N) is 1. The lowest BCUT2D eigenvalue weighted by atomic mass is 9.80. The summed E-state index contributed by atoms with van der Waals surface area (Å²) < 4.78 is 37.3. The first kappa shape index (κ1) is 43.5. The fraction of sp³-hybridized carbons (Fsp3) is 0.349. The van der Waals surface area contributed by atoms with Crippen LogP contribution in [0.2, 0.25) is 0 Å². The summed E-state index contributed by atoms with van der Waals surface area (Å²) in [4.78, 5) is 42.7. The summed E-state index contributed by atoms with van der Waals surface area (Å²) in [6.45, 7) is 7.84. The molecule has 4 aromatic carbocycles. The smallest absolute Gasteiger partial charge is 0.330 e. The molecule has 1 saturated heterocycles. The lowest BCUT2D eigenvalue weighted by molar-refractivity contribution is -0.894. The van der Waals surface area contributed by atoms with Crippen molar-refractivity contribution in [1.29, 1.82) is 0 Å². The molecule has 0 bridgehead atoms. The lowest BCUT2D eigenvalue weighted by Crippen LogP contribution is -3.11. The van der Waals surface area contributed by atoms with Gasteiger partial charge in [0.15, 0.2) is 6.72 Å². The van der Waals surface area contributed by atoms with Crippen molar-refractivity contribution in [2.75, 3.05) is 40.5 Å². The monoisotopic (exact) mass is 817 g/mol. The van der Waals surface area contributed by atoms with Gasteiger partial charge in [0.1, 0.15) is 35.2 Å². The number of aromatic nitrogens is 2. The van der Waals surface area contributed by atoms with Crippen molar-refractivity contribution in [3.05, 3.63) is 158 Å². The Bertz CT molecular complexity index is 2110. The van der Waals surface area contributed by atoms with E-state index in [4.69, 9.17) is 39.8 Å². The number of ether oxygens (including phenoxy) is 4. The Hall–Kier alpha value is -4.59. The van der Waals surface area contributed by atoms with Crippen LogP contribution in [0.3, 0.4) is 0 Å². The van der Waals surface area contributed by atoms with Crippen molar-refractivity contribution < 1.29 is 37.8 Å². The summed E-state index contributed by atoms with van der Waals surface area (Å²) in [5.74, 6) is 1.62. The molecule has 1 aliphatic heterocycles. The highest BCUT2D eigenvalue weighted by Crippen LogP contribution is 2.47. The van der Waals surface area contributed by atoms with E-state index >= 15 is 0 Å². The van der Waals surface area contributed by atoms with E-state index in [1.807, 2.05) is 78.9 Å². The van der Waals surface area contributed by atoms with Crippen LogP contribution in [-0.2, 0) is 31.4 Å². The second-order valence-corrected chi connectivity index (χ2v) is 16.1. The van der Waals surface area contributed by atoms with Crippen LogP contribution in [0.1, 0.15) is 55.7 Å². The molecule has 57 heavy (non-hydrogen) atoms. The molecule has 1 unspecified atom stereocenters. The quantitative estimate of drug-likeness (QED) is 0.102. The van der Waals surface area contributed by atoms with E-state index in [2.05, 4.69) is 25.8 Å². The summed E-state index contributed by atoms with van der Waals surface area (Å²) in [5.41, 5.74) is 0.337. The van der Waals surface area contributed by atoms with Crippen LogP contribution in [0.5, 0.6) is 17.2 Å². The number of rotatable bonds is 16. The van der Waals surface area contributed by atoms with Crippen LogP contribution in [0.15, 0.2) is 125 Å². The Morgan fingerprint density at radius 3 is 1.81 bits per heavy atom. The number of H-pyrrole nitrogens is 1. The molecule has 2 N–H and O–H groups in total. The SMILES string of the molecule is CC[NH+](CC)CC.COc1ccc(C(OC[C@H]2O[C@@H](n3cc(C)c(=O)[nH]c3=O)C[C@@H]2OP([O-])(=S)Oc2ccccc2)(c2ccccc2)c2ccc(OC)cc2)cc1. The van der Waals surface area contributed by atoms with Crippen LogP contribution in [0, 0.1) is 6.92 Å². The number of methoxy groups -OCH3 is 2. The highest BCUT2D eigenvalue weighted by atomic mass is 32.5. The summed E-state index contributed by atoms with van der Waals surface area (Å²) in [5, 5.41) is 0. The molecule has 1 aliphatic rings. The maximum atomic E-state index is 13.6. The molecule has 0 radical (unpaired) electrons. The maximum Gasteiger partial charge on any atom is 0.330 e. The normalized spacial score (nSPS) is 17.6. The average molecular weight is 818 g/mol. The number of nitrogens with one attached hydrogen (secondary N) is 2. The van der Waals surface area contributed by atoms with Crippen LogP contribution in [0.4, 0.5) is 0 Å². The van der Waals surface area contributed by atoms with Gasteiger partial charge in [-0.1, -0.05) is 72.8 Å². The molecule has 1 fully saturated rings. The van der Waals surface area contributed by atoms with E-state index in [1.54, 1.807) is 56.4 Å². The van der Waals surface area contributed by atoms with Crippen molar-refractivity contribution in [3.8, 4) is 17.2 Å². The molecule has 304 valence electrons. The fourth-order valence-electron chi connectivity index (χ4n) is 6.76. The van der Waals surface area contributed by atoms with Crippen LogP contribution in [-0.4, -0.2) is 62.2 Å². The maximum absolute atomic E-state index is 13.6. The van der Waals surface area contributed by atoms with Gasteiger partial charge in [-0.2, -0.15) is 0 Å². The third-order valence-electron chi connectivity index (χ3n) is 10.00. The summed E-state index contributed by atoms with van der Waals surface area (Å²) >= 11 is 5.34. The summed E-state index contributed by atoms with van der Waals surface area (Å²) in [6, 6.07) is 33.3. The number of para-hydroxylation sites is 1. The van der Waals surface area contributed by atoms with Crippen molar-refractivity contribution in [1.82, 2.24) is 9.55 Å². The fourth-order valence-corrected chi connectivity index (χ4v) is 8.33. The molecule has 0 spiro atoms. The van der Waals surface area contributed by atoms with Gasteiger partial charge in [-0.3, -0.25) is 14.3 Å². The summed E-state index contributed by atoms with van der Waals surface area (Å²) in [6.07, 6.45) is -1.26. The molecule has 1 aromatic heterocycles. The van der Waals surface area contributed by atoms with E-state index in [0.717, 1.165) is 16.7 Å². The molecule has 14 heteroatoms. The first-order valence-corrected chi connectivity index (χ1v) is 21.6. The Kier molecular flexibility index (Phi) is 15.4. The van der Waals surface area contributed by atoms with E-state index in [9.17, 15) is 14.5 Å². The minimum Gasteiger partial charge on any atom is -0.770 e. The molecule has 5 aromatic rings. The van der Waals surface area contributed by atoms with Gasteiger partial charge in [0.25, 0.3) is 5.56 Å². The second-order valence-electron chi connectivity index (χ2n) is 13.5. The van der Waals surface area contributed by atoms with Gasteiger partial charge in [-0.15, -0.1) is 0 Å². The van der Waals surface area contributed by atoms with Crippen molar-refractivity contribution in [3.63, 3.8) is 0 Å². The number of benzene rings is 4. The van der Waals surface area contributed by atoms with Crippen molar-refractivity contribution in [2.45, 2.75) is 58.2 Å². The standard InChI is InChI=1S/C37H37N2O9PS.C6H15N/c1-25-23-39(36(41)38-35(25)40)34-22-32(48-49(42,50)47-31-12-8-5-9-13-31)33(46-34)24-45-37(26-10-6-4-7-11-26,27-14-18-29(43-2)19-15-27)28-16-20-30(44-3)21-17-28;1-4-7(5-2)6-3/h4-21,23,32-34H,22,24H2,1-3H3,(H,42,50)(H,38,40,41);4-6H2,1-3H3/t32-,33+,34+,49?;/m0./s1. The topological polar surface area (TPSA) is 138 Å². The Labute approximate surface area is 339 Å². The zero-order chi connectivity index (χ0) is 41.0. The molecule has 0 amide bonds. The Morgan fingerprint density at radius 2 is 1.32 bits per heavy atom. The zero-order valence-corrected chi connectivity index (χ0v) is 34.9. The molecular formula is C43H52N3O9PS. The molecular weight excluding hydrogens is 766 g/mol. The average Bonchev–Trinajstić information content (AvgIpc) is 3.62. The first-order chi connectivity index (χ1) is 27.5. The van der Waals surface area contributed by atoms with Gasteiger partial charge in [0.05, 0.1) is 46.6 Å². The van der Waals surface area contributed by atoms with E-state index in [0.29, 0.717) is 17.1 Å². The van der Waals surface area contributed by atoms with Gasteiger partial charge in [0, 0.05) is 18.2 Å². The number of aromatic amines is 1. The Balaban J connectivity index is 0.000000811. The summed E-state index contributed by atoms with van der Waals surface area (Å²) in [7, 11) is 3.20. The first-order valence-electron chi connectivity index (χ1n) is 19.0. The van der Waals surface area contributed by atoms with Crippen molar-refractivity contribution >= 4 is 18.5 Å². The van der Waals surface area contributed by atoms with Gasteiger partial charge >= 0.3 is 5.69 Å². The number of quaternary nitrogens is 1. The third-order valence-corrected chi connectivity index (χ3v) is 11.4. The minimum atomic E-state index is -4.13. The molecule has 0 saturated carbocycles. The van der Waals surface area contributed by atoms with Gasteiger partial charge in [0.2, 0.25) is 0 Å². The molecule has 2 heterocycles. The van der Waals surface area contributed by atoms with Crippen molar-refractivity contribution in [2.24, 2.45) is 0 Å². The van der Waals surface area contributed by atoms with E-state index in [-0.39, 0.29) is 18.8 Å². The predicted octanol–water partition coefficient (Wildman–Crippen LogP) is 5.14. The lowest BCUT2D eigenvalue weighted by Gasteiger charge is -2.38. The molecule has 12 nitrogen and oxygen atoms in total. The number of hydrogen-bond acceptors (Lipinski definition) is 10. The Morgan fingerprint density at radius 1 is 0.807 bits per heavy atom.